The number of piperidine rings is 1. The van der Waals surface area contributed by atoms with Gasteiger partial charge >= 0.3 is 0 Å². The predicted octanol–water partition coefficient (Wildman–Crippen LogP) is 2.27. The summed E-state index contributed by atoms with van der Waals surface area (Å²) in [6.45, 7) is 1.47. The minimum atomic E-state index is -0.0484. The predicted molar refractivity (Wildman–Crippen MR) is 92.3 cm³/mol. The fourth-order valence-corrected chi connectivity index (χ4v) is 2.96. The van der Waals surface area contributed by atoms with Crippen LogP contribution < -0.4 is 15.0 Å². The summed E-state index contributed by atoms with van der Waals surface area (Å²) in [5.41, 5.74) is 0.678. The van der Waals surface area contributed by atoms with E-state index in [4.69, 9.17) is 4.74 Å². The number of nitrogens with one attached hydrogen (secondary N) is 1. The van der Waals surface area contributed by atoms with Crippen molar-refractivity contribution in [3.8, 4) is 5.88 Å². The Labute approximate surface area is 141 Å². The molecule has 2 heterocycles. The van der Waals surface area contributed by atoms with E-state index in [9.17, 15) is 4.79 Å². The molecule has 6 heteroatoms. The Kier molecular flexibility index (Phi) is 5.25. The SMILES string of the molecule is COc1ccnc(N2CCCCC2CNC(=O)c2ccccc2)n1. The Morgan fingerprint density at radius 1 is 1.29 bits per heavy atom. The van der Waals surface area contributed by atoms with Crippen molar-refractivity contribution in [2.45, 2.75) is 25.3 Å². The van der Waals surface area contributed by atoms with E-state index in [0.29, 0.717) is 23.9 Å². The molecule has 0 radical (unpaired) electrons. The molecule has 3 rings (SSSR count). The quantitative estimate of drug-likeness (QED) is 0.913. The zero-order chi connectivity index (χ0) is 16.8. The summed E-state index contributed by atoms with van der Waals surface area (Å²) >= 11 is 0. The highest BCUT2D eigenvalue weighted by atomic mass is 16.5. The van der Waals surface area contributed by atoms with Gasteiger partial charge in [0.2, 0.25) is 11.8 Å². The van der Waals surface area contributed by atoms with Gasteiger partial charge in [0.25, 0.3) is 5.91 Å². The Bertz CT molecular complexity index is 678. The van der Waals surface area contributed by atoms with Gasteiger partial charge in [-0.25, -0.2) is 4.98 Å². The molecule has 126 valence electrons. The van der Waals surface area contributed by atoms with Gasteiger partial charge in [-0.3, -0.25) is 4.79 Å². The lowest BCUT2D eigenvalue weighted by atomic mass is 10.0. The highest BCUT2D eigenvalue weighted by Gasteiger charge is 2.25. The third-order valence-corrected chi connectivity index (χ3v) is 4.24. The van der Waals surface area contributed by atoms with E-state index < -0.39 is 0 Å². The lowest BCUT2D eigenvalue weighted by molar-refractivity contribution is 0.0949. The smallest absolute Gasteiger partial charge is 0.251 e. The Morgan fingerprint density at radius 2 is 2.12 bits per heavy atom. The molecular weight excluding hydrogens is 304 g/mol. The first-order valence-electron chi connectivity index (χ1n) is 8.25. The number of carbonyl (C=O) groups is 1. The van der Waals surface area contributed by atoms with Crippen molar-refractivity contribution < 1.29 is 9.53 Å². The lowest BCUT2D eigenvalue weighted by Gasteiger charge is -2.35. The first-order chi connectivity index (χ1) is 11.8. The topological polar surface area (TPSA) is 67.3 Å². The summed E-state index contributed by atoms with van der Waals surface area (Å²) in [5, 5.41) is 3.03. The molecule has 1 unspecified atom stereocenters. The Morgan fingerprint density at radius 3 is 2.92 bits per heavy atom. The van der Waals surface area contributed by atoms with Gasteiger partial charge in [-0.1, -0.05) is 18.2 Å². The molecule has 1 atom stereocenters. The summed E-state index contributed by atoms with van der Waals surface area (Å²) in [4.78, 5) is 23.2. The van der Waals surface area contributed by atoms with E-state index in [2.05, 4.69) is 20.2 Å². The average molecular weight is 326 g/mol. The summed E-state index contributed by atoms with van der Waals surface area (Å²) in [5.74, 6) is 1.17. The van der Waals surface area contributed by atoms with Gasteiger partial charge in [-0.05, 0) is 31.4 Å². The van der Waals surface area contributed by atoms with Crippen LogP contribution in [0.3, 0.4) is 0 Å². The Hall–Kier alpha value is -2.63. The number of nitrogens with zero attached hydrogens (tertiary/aromatic N) is 3. The van der Waals surface area contributed by atoms with Gasteiger partial charge in [0.1, 0.15) is 0 Å². The van der Waals surface area contributed by atoms with Crippen LogP contribution in [0.1, 0.15) is 29.6 Å². The van der Waals surface area contributed by atoms with E-state index in [1.807, 2.05) is 30.3 Å². The molecular formula is C18H22N4O2. The molecule has 24 heavy (non-hydrogen) atoms. The molecule has 6 nitrogen and oxygen atoms in total. The first kappa shape index (κ1) is 16.2. The highest BCUT2D eigenvalue weighted by Crippen LogP contribution is 2.22. The molecule has 1 N–H and O–H groups in total. The summed E-state index contributed by atoms with van der Waals surface area (Å²) in [6, 6.07) is 11.2. The second-order valence-electron chi connectivity index (χ2n) is 5.82. The maximum absolute atomic E-state index is 12.3. The van der Waals surface area contributed by atoms with Crippen LogP contribution in [-0.4, -0.2) is 42.1 Å². The van der Waals surface area contributed by atoms with Gasteiger partial charge in [0, 0.05) is 37.0 Å². The normalized spacial score (nSPS) is 17.4. The number of anilines is 1. The van der Waals surface area contributed by atoms with Crippen LogP contribution in [0, 0.1) is 0 Å². The van der Waals surface area contributed by atoms with Crippen molar-refractivity contribution in [3.63, 3.8) is 0 Å². The van der Waals surface area contributed by atoms with Gasteiger partial charge in [0.05, 0.1) is 7.11 Å². The maximum atomic E-state index is 12.3. The van der Waals surface area contributed by atoms with Gasteiger partial charge in [-0.2, -0.15) is 4.98 Å². The summed E-state index contributed by atoms with van der Waals surface area (Å²) < 4.78 is 5.19. The van der Waals surface area contributed by atoms with Crippen LogP contribution in [-0.2, 0) is 0 Å². The number of benzene rings is 1. The second-order valence-corrected chi connectivity index (χ2v) is 5.82. The highest BCUT2D eigenvalue weighted by molar-refractivity contribution is 5.94. The lowest BCUT2D eigenvalue weighted by Crippen LogP contribution is -2.47. The van der Waals surface area contributed by atoms with Crippen molar-refractivity contribution in [1.82, 2.24) is 15.3 Å². The third kappa shape index (κ3) is 3.82. The largest absolute Gasteiger partial charge is 0.481 e. The molecule has 0 aliphatic carbocycles. The van der Waals surface area contributed by atoms with Gasteiger partial charge < -0.3 is 15.0 Å². The maximum Gasteiger partial charge on any atom is 0.251 e. The molecule has 0 spiro atoms. The zero-order valence-electron chi connectivity index (χ0n) is 13.8. The van der Waals surface area contributed by atoms with Crippen LogP contribution in [0.2, 0.25) is 0 Å². The van der Waals surface area contributed by atoms with Crippen molar-refractivity contribution in [2.75, 3.05) is 25.1 Å². The van der Waals surface area contributed by atoms with E-state index in [1.54, 1.807) is 19.4 Å². The molecule has 1 amide bonds. The molecule has 1 aliphatic heterocycles. The number of carbonyl (C=O) groups excluding carboxylic acids is 1. The number of rotatable bonds is 5. The van der Waals surface area contributed by atoms with Crippen LogP contribution in [0.5, 0.6) is 5.88 Å². The average Bonchev–Trinajstić information content (AvgIpc) is 2.67. The first-order valence-corrected chi connectivity index (χ1v) is 8.25. The van der Waals surface area contributed by atoms with E-state index in [1.165, 1.54) is 0 Å². The van der Waals surface area contributed by atoms with Crippen molar-refractivity contribution in [2.24, 2.45) is 0 Å². The van der Waals surface area contributed by atoms with Crippen LogP contribution in [0.25, 0.3) is 0 Å². The van der Waals surface area contributed by atoms with Crippen LogP contribution in [0.15, 0.2) is 42.6 Å². The van der Waals surface area contributed by atoms with Crippen LogP contribution in [0.4, 0.5) is 5.95 Å². The zero-order valence-corrected chi connectivity index (χ0v) is 13.8. The Balaban J connectivity index is 1.67. The molecule has 0 saturated carbocycles. The number of hydrogen-bond acceptors (Lipinski definition) is 5. The molecule has 1 fully saturated rings. The number of aromatic nitrogens is 2. The molecule has 2 aromatic rings. The number of amides is 1. The fraction of sp³-hybridized carbons (Fsp3) is 0.389. The molecule has 1 aromatic heterocycles. The van der Waals surface area contributed by atoms with E-state index in [-0.39, 0.29) is 11.9 Å². The van der Waals surface area contributed by atoms with E-state index in [0.717, 1.165) is 25.8 Å². The minimum absolute atomic E-state index is 0.0484. The fourth-order valence-electron chi connectivity index (χ4n) is 2.96. The second kappa shape index (κ2) is 7.77. The summed E-state index contributed by atoms with van der Waals surface area (Å²) in [7, 11) is 1.60. The molecule has 0 bridgehead atoms. The third-order valence-electron chi connectivity index (χ3n) is 4.24. The summed E-state index contributed by atoms with van der Waals surface area (Å²) in [6.07, 6.45) is 4.96. The van der Waals surface area contributed by atoms with Crippen LogP contribution >= 0.6 is 0 Å². The van der Waals surface area contributed by atoms with Crippen molar-refractivity contribution >= 4 is 11.9 Å². The number of hydrogen-bond donors (Lipinski definition) is 1. The minimum Gasteiger partial charge on any atom is -0.481 e. The van der Waals surface area contributed by atoms with Crippen molar-refractivity contribution in [1.29, 1.82) is 0 Å². The number of methoxy groups -OCH3 is 1. The monoisotopic (exact) mass is 326 g/mol. The number of ether oxygens (including phenoxy) is 1. The molecule has 1 aliphatic rings. The van der Waals surface area contributed by atoms with Gasteiger partial charge in [0.15, 0.2) is 0 Å². The standard InChI is InChI=1S/C18H22N4O2/c1-24-16-10-11-19-18(21-16)22-12-6-5-9-15(22)13-20-17(23)14-7-3-2-4-8-14/h2-4,7-8,10-11,15H,5-6,9,12-13H2,1H3,(H,20,23). The molecule has 1 saturated heterocycles. The molecule has 1 aromatic carbocycles. The van der Waals surface area contributed by atoms with E-state index >= 15 is 0 Å². The van der Waals surface area contributed by atoms with Gasteiger partial charge in [-0.15, -0.1) is 0 Å². The van der Waals surface area contributed by atoms with Crippen molar-refractivity contribution in [3.05, 3.63) is 48.2 Å².